The zero-order valence-electron chi connectivity index (χ0n) is 9.91. The highest BCUT2D eigenvalue weighted by molar-refractivity contribution is 5.73. The van der Waals surface area contributed by atoms with E-state index in [1.54, 1.807) is 6.08 Å². The van der Waals surface area contributed by atoms with Gasteiger partial charge in [0.05, 0.1) is 13.5 Å². The van der Waals surface area contributed by atoms with Crippen molar-refractivity contribution >= 4 is 17.7 Å². The minimum atomic E-state index is -0.234. The van der Waals surface area contributed by atoms with E-state index in [1.165, 1.54) is 7.11 Å². The number of anilines is 1. The molecule has 16 heavy (non-hydrogen) atoms. The third kappa shape index (κ3) is 3.12. The second kappa shape index (κ2) is 5.35. The van der Waals surface area contributed by atoms with E-state index in [0.717, 1.165) is 22.4 Å². The van der Waals surface area contributed by atoms with E-state index in [-0.39, 0.29) is 5.97 Å². The molecule has 0 aliphatic heterocycles. The predicted molar refractivity (Wildman–Crippen MR) is 66.0 cm³/mol. The van der Waals surface area contributed by atoms with Crippen LogP contribution in [0.4, 0.5) is 5.69 Å². The first kappa shape index (κ1) is 12.3. The molecule has 0 saturated carbocycles. The fraction of sp³-hybridized carbons (Fsp3) is 0.308. The molecule has 1 rings (SSSR count). The minimum Gasteiger partial charge on any atom is -0.469 e. The van der Waals surface area contributed by atoms with E-state index < -0.39 is 0 Å². The van der Waals surface area contributed by atoms with Crippen molar-refractivity contribution in [3.8, 4) is 0 Å². The smallest absolute Gasteiger partial charge is 0.309 e. The van der Waals surface area contributed by atoms with Gasteiger partial charge in [-0.15, -0.1) is 0 Å². The van der Waals surface area contributed by atoms with Crippen molar-refractivity contribution in [2.45, 2.75) is 20.3 Å². The van der Waals surface area contributed by atoms with E-state index >= 15 is 0 Å². The van der Waals surface area contributed by atoms with Crippen LogP contribution in [0.25, 0.3) is 6.08 Å². The van der Waals surface area contributed by atoms with Gasteiger partial charge in [0.1, 0.15) is 0 Å². The van der Waals surface area contributed by atoms with Crippen molar-refractivity contribution in [1.29, 1.82) is 0 Å². The molecule has 0 radical (unpaired) electrons. The largest absolute Gasteiger partial charge is 0.469 e. The third-order valence-electron chi connectivity index (χ3n) is 2.41. The first-order valence-electron chi connectivity index (χ1n) is 5.14. The van der Waals surface area contributed by atoms with E-state index in [0.29, 0.717) is 6.42 Å². The standard InChI is InChI=1S/C13H17NO2/c1-9-7-11(14)8-10(2)12(9)5-4-6-13(15)16-3/h4-5,7-8H,6,14H2,1-3H3. The Morgan fingerprint density at radius 3 is 2.44 bits per heavy atom. The normalized spacial score (nSPS) is 10.7. The summed E-state index contributed by atoms with van der Waals surface area (Å²) in [6.45, 7) is 4.00. The first-order chi connectivity index (χ1) is 7.54. The van der Waals surface area contributed by atoms with Crippen LogP contribution in [0, 0.1) is 13.8 Å². The number of methoxy groups -OCH3 is 1. The van der Waals surface area contributed by atoms with Crippen molar-refractivity contribution in [3.63, 3.8) is 0 Å². The van der Waals surface area contributed by atoms with Gasteiger partial charge in [-0.2, -0.15) is 0 Å². The third-order valence-corrected chi connectivity index (χ3v) is 2.41. The number of hydrogen-bond acceptors (Lipinski definition) is 3. The number of nitrogen functional groups attached to an aromatic ring is 1. The summed E-state index contributed by atoms with van der Waals surface area (Å²) >= 11 is 0. The number of rotatable bonds is 3. The van der Waals surface area contributed by atoms with Gasteiger partial charge in [-0.25, -0.2) is 0 Å². The summed E-state index contributed by atoms with van der Waals surface area (Å²) in [4.78, 5) is 10.9. The molecule has 86 valence electrons. The van der Waals surface area contributed by atoms with Crippen molar-refractivity contribution in [2.75, 3.05) is 12.8 Å². The molecule has 3 heteroatoms. The number of nitrogens with two attached hydrogens (primary N) is 1. The molecule has 0 unspecified atom stereocenters. The minimum absolute atomic E-state index is 0.234. The van der Waals surface area contributed by atoms with Crippen LogP contribution in [0.3, 0.4) is 0 Å². The van der Waals surface area contributed by atoms with Crippen LogP contribution in [0.2, 0.25) is 0 Å². The molecule has 0 atom stereocenters. The molecule has 0 aliphatic carbocycles. The zero-order chi connectivity index (χ0) is 12.1. The number of carbonyl (C=O) groups excluding carboxylic acids is 1. The zero-order valence-corrected chi connectivity index (χ0v) is 9.91. The van der Waals surface area contributed by atoms with Crippen LogP contribution < -0.4 is 5.73 Å². The Morgan fingerprint density at radius 2 is 1.94 bits per heavy atom. The molecule has 0 bridgehead atoms. The first-order valence-corrected chi connectivity index (χ1v) is 5.14. The predicted octanol–water partition coefficient (Wildman–Crippen LogP) is 2.46. The molecule has 0 heterocycles. The number of carbonyl (C=O) groups is 1. The molecule has 0 saturated heterocycles. The molecule has 2 N–H and O–H groups in total. The maximum absolute atomic E-state index is 10.9. The molecule has 0 aromatic heterocycles. The molecule has 1 aromatic rings. The van der Waals surface area contributed by atoms with Crippen LogP contribution in [0.1, 0.15) is 23.1 Å². The Labute approximate surface area is 95.9 Å². The van der Waals surface area contributed by atoms with E-state index in [4.69, 9.17) is 5.73 Å². The highest BCUT2D eigenvalue weighted by Gasteiger charge is 2.01. The van der Waals surface area contributed by atoms with E-state index in [2.05, 4.69) is 4.74 Å². The van der Waals surface area contributed by atoms with Gasteiger partial charge >= 0.3 is 5.97 Å². The summed E-state index contributed by atoms with van der Waals surface area (Å²) in [7, 11) is 1.38. The van der Waals surface area contributed by atoms with Gasteiger partial charge < -0.3 is 10.5 Å². The Hall–Kier alpha value is -1.77. The summed E-state index contributed by atoms with van der Waals surface area (Å²) in [6, 6.07) is 3.84. The van der Waals surface area contributed by atoms with Crippen LogP contribution in [-0.2, 0) is 9.53 Å². The molecular formula is C13H17NO2. The Kier molecular flexibility index (Phi) is 4.11. The highest BCUT2D eigenvalue weighted by atomic mass is 16.5. The summed E-state index contributed by atoms with van der Waals surface area (Å²) in [6.07, 6.45) is 4.03. The lowest BCUT2D eigenvalue weighted by atomic mass is 10.0. The molecule has 0 fully saturated rings. The van der Waals surface area contributed by atoms with Crippen LogP contribution in [-0.4, -0.2) is 13.1 Å². The second-order valence-corrected chi connectivity index (χ2v) is 3.75. The highest BCUT2D eigenvalue weighted by Crippen LogP contribution is 2.19. The maximum atomic E-state index is 10.9. The summed E-state index contributed by atoms with van der Waals surface area (Å²) < 4.78 is 4.56. The molecule has 0 spiro atoms. The average molecular weight is 219 g/mol. The van der Waals surface area contributed by atoms with E-state index in [9.17, 15) is 4.79 Å². The summed E-state index contributed by atoms with van der Waals surface area (Å²) in [5.74, 6) is -0.234. The average Bonchev–Trinajstić information content (AvgIpc) is 2.21. The van der Waals surface area contributed by atoms with Crippen LogP contribution in [0.5, 0.6) is 0 Å². The van der Waals surface area contributed by atoms with Gasteiger partial charge in [0.2, 0.25) is 0 Å². The van der Waals surface area contributed by atoms with Crippen molar-refractivity contribution in [1.82, 2.24) is 0 Å². The quantitative estimate of drug-likeness (QED) is 0.627. The molecule has 0 aliphatic rings. The molecular weight excluding hydrogens is 202 g/mol. The van der Waals surface area contributed by atoms with E-state index in [1.807, 2.05) is 32.1 Å². The second-order valence-electron chi connectivity index (χ2n) is 3.75. The number of esters is 1. The lowest BCUT2D eigenvalue weighted by Crippen LogP contribution is -1.97. The molecule has 0 amide bonds. The van der Waals surface area contributed by atoms with Gasteiger partial charge in [-0.05, 0) is 42.7 Å². The van der Waals surface area contributed by atoms with Crippen molar-refractivity contribution in [2.24, 2.45) is 0 Å². The maximum Gasteiger partial charge on any atom is 0.309 e. The molecule has 3 nitrogen and oxygen atoms in total. The summed E-state index contributed by atoms with van der Waals surface area (Å²) in [5, 5.41) is 0. The number of benzene rings is 1. The van der Waals surface area contributed by atoms with Crippen molar-refractivity contribution < 1.29 is 9.53 Å². The fourth-order valence-corrected chi connectivity index (χ4v) is 1.63. The van der Waals surface area contributed by atoms with Gasteiger partial charge in [0.15, 0.2) is 0 Å². The topological polar surface area (TPSA) is 52.3 Å². The van der Waals surface area contributed by atoms with Crippen molar-refractivity contribution in [3.05, 3.63) is 34.9 Å². The lowest BCUT2D eigenvalue weighted by Gasteiger charge is -2.06. The molecule has 1 aromatic carbocycles. The lowest BCUT2D eigenvalue weighted by molar-refractivity contribution is -0.139. The number of aryl methyl sites for hydroxylation is 2. The number of ether oxygens (including phenoxy) is 1. The van der Waals surface area contributed by atoms with Gasteiger partial charge in [-0.3, -0.25) is 4.79 Å². The summed E-state index contributed by atoms with van der Waals surface area (Å²) in [5.41, 5.74) is 9.82. The van der Waals surface area contributed by atoms with Crippen LogP contribution >= 0.6 is 0 Å². The fourth-order valence-electron chi connectivity index (χ4n) is 1.63. The van der Waals surface area contributed by atoms with Crippen LogP contribution in [0.15, 0.2) is 18.2 Å². The van der Waals surface area contributed by atoms with Gasteiger partial charge in [0.25, 0.3) is 0 Å². The van der Waals surface area contributed by atoms with Gasteiger partial charge in [-0.1, -0.05) is 12.2 Å². The monoisotopic (exact) mass is 219 g/mol. The Morgan fingerprint density at radius 1 is 1.38 bits per heavy atom. The Balaban J connectivity index is 2.85. The Bertz CT molecular complexity index is 399. The SMILES string of the molecule is COC(=O)CC=Cc1c(C)cc(N)cc1C. The van der Waals surface area contributed by atoms with Gasteiger partial charge in [0, 0.05) is 5.69 Å². The number of hydrogen-bond donors (Lipinski definition) is 1.